The third kappa shape index (κ3) is 3.29. The van der Waals surface area contributed by atoms with Gasteiger partial charge in [0, 0.05) is 34.0 Å². The maximum Gasteiger partial charge on any atom is 0.270 e. The van der Waals surface area contributed by atoms with Gasteiger partial charge in [-0.3, -0.25) is 14.9 Å². The Hall–Kier alpha value is -0.730. The average Bonchev–Trinajstić information content (AvgIpc) is 3.05. The molecule has 26 heavy (non-hydrogen) atoms. The lowest BCUT2D eigenvalue weighted by molar-refractivity contribution is -0.384. The predicted octanol–water partition coefficient (Wildman–Crippen LogP) is 5.30. The van der Waals surface area contributed by atoms with E-state index in [9.17, 15) is 14.9 Å². The predicted molar refractivity (Wildman–Crippen MR) is 111 cm³/mol. The summed E-state index contributed by atoms with van der Waals surface area (Å²) < 4.78 is 0.914. The van der Waals surface area contributed by atoms with Gasteiger partial charge in [0.25, 0.3) is 5.69 Å². The maximum absolute atomic E-state index is 12.9. The van der Waals surface area contributed by atoms with Gasteiger partial charge in [0.05, 0.1) is 14.7 Å². The number of nitrogens with one attached hydrogen (secondary N) is 1. The Balaban J connectivity index is 1.47. The summed E-state index contributed by atoms with van der Waals surface area (Å²) in [6, 6.07) is 4.47. The van der Waals surface area contributed by atoms with Crippen LogP contribution >= 0.6 is 39.5 Å². The number of rotatable bonds is 3. The zero-order chi connectivity index (χ0) is 18.3. The van der Waals surface area contributed by atoms with Crippen molar-refractivity contribution in [2.75, 3.05) is 16.8 Å². The summed E-state index contributed by atoms with van der Waals surface area (Å²) in [6.07, 6.45) is 5.70. The minimum Gasteiger partial charge on any atom is -0.325 e. The van der Waals surface area contributed by atoms with Crippen LogP contribution in [0.4, 0.5) is 11.4 Å². The minimum absolute atomic E-state index is 0.0132. The lowest BCUT2D eigenvalue weighted by atomic mass is 9.67. The van der Waals surface area contributed by atoms with Crippen LogP contribution in [0.3, 0.4) is 0 Å². The van der Waals surface area contributed by atoms with Crippen molar-refractivity contribution in [3.05, 3.63) is 32.8 Å². The lowest BCUT2D eigenvalue weighted by Crippen LogP contribution is -2.48. The van der Waals surface area contributed by atoms with Crippen molar-refractivity contribution < 1.29 is 9.72 Å². The second kappa shape index (κ2) is 7.36. The summed E-state index contributed by atoms with van der Waals surface area (Å²) in [5.74, 6) is 3.83. The van der Waals surface area contributed by atoms with Crippen molar-refractivity contribution in [3.63, 3.8) is 0 Å². The van der Waals surface area contributed by atoms with Gasteiger partial charge >= 0.3 is 0 Å². The first-order chi connectivity index (χ1) is 12.5. The molecule has 4 rings (SSSR count). The molecule has 1 amide bonds. The van der Waals surface area contributed by atoms with Gasteiger partial charge in [-0.15, -0.1) is 23.5 Å². The lowest BCUT2D eigenvalue weighted by Gasteiger charge is -2.52. The smallest absolute Gasteiger partial charge is 0.270 e. The highest BCUT2D eigenvalue weighted by molar-refractivity contribution is 9.10. The van der Waals surface area contributed by atoms with Gasteiger partial charge in [-0.05, 0) is 59.5 Å². The molecule has 5 nitrogen and oxygen atoms in total. The summed E-state index contributed by atoms with van der Waals surface area (Å²) in [5.41, 5.74) is 0.620. The number of nitro groups is 1. The molecule has 1 saturated heterocycles. The van der Waals surface area contributed by atoms with E-state index < -0.39 is 4.92 Å². The molecule has 2 bridgehead atoms. The van der Waals surface area contributed by atoms with Crippen LogP contribution in [0, 0.1) is 27.9 Å². The number of hydrogen-bond donors (Lipinski definition) is 1. The summed E-state index contributed by atoms with van der Waals surface area (Å²) >= 11 is 7.62. The van der Waals surface area contributed by atoms with Gasteiger partial charge in [-0.25, -0.2) is 0 Å². The number of nitro benzene ring substituents is 1. The summed E-state index contributed by atoms with van der Waals surface area (Å²) in [4.78, 5) is 23.3. The Kier molecular flexibility index (Phi) is 5.27. The number of carbonyl (C=O) groups is 1. The van der Waals surface area contributed by atoms with E-state index in [0.717, 1.165) is 12.8 Å². The van der Waals surface area contributed by atoms with Crippen LogP contribution in [0.5, 0.6) is 0 Å². The highest BCUT2D eigenvalue weighted by atomic mass is 79.9. The molecular weight excluding hydrogens is 436 g/mol. The Labute approximate surface area is 169 Å². The molecule has 1 aromatic rings. The number of anilines is 1. The molecule has 1 heterocycles. The topological polar surface area (TPSA) is 72.2 Å². The molecule has 1 N–H and O–H groups in total. The number of nitrogens with zero attached hydrogens (tertiary/aromatic N) is 1. The average molecular weight is 457 g/mol. The summed E-state index contributed by atoms with van der Waals surface area (Å²) in [6.45, 7) is 0. The van der Waals surface area contributed by atoms with Gasteiger partial charge in [0.1, 0.15) is 0 Å². The van der Waals surface area contributed by atoms with Crippen LogP contribution in [0.2, 0.25) is 0 Å². The van der Waals surface area contributed by atoms with E-state index in [1.165, 1.54) is 42.9 Å². The Bertz CT molecular complexity index is 723. The van der Waals surface area contributed by atoms with E-state index in [1.54, 1.807) is 6.07 Å². The molecule has 1 spiro atoms. The van der Waals surface area contributed by atoms with Crippen molar-refractivity contribution >= 4 is 56.7 Å². The van der Waals surface area contributed by atoms with Gasteiger partial charge < -0.3 is 5.32 Å². The molecule has 0 radical (unpaired) electrons. The van der Waals surface area contributed by atoms with E-state index in [4.69, 9.17) is 0 Å². The Morgan fingerprint density at radius 1 is 1.23 bits per heavy atom. The van der Waals surface area contributed by atoms with E-state index in [2.05, 4.69) is 44.8 Å². The first-order valence-corrected chi connectivity index (χ1v) is 11.8. The molecule has 8 heteroatoms. The highest BCUT2D eigenvalue weighted by Gasteiger charge is 2.55. The van der Waals surface area contributed by atoms with Crippen molar-refractivity contribution in [2.45, 2.75) is 36.2 Å². The zero-order valence-corrected chi connectivity index (χ0v) is 17.5. The molecule has 0 aromatic heterocycles. The van der Waals surface area contributed by atoms with Crippen molar-refractivity contribution in [1.82, 2.24) is 0 Å². The van der Waals surface area contributed by atoms with Gasteiger partial charge in [-0.2, -0.15) is 0 Å². The Morgan fingerprint density at radius 2 is 1.88 bits per heavy atom. The van der Waals surface area contributed by atoms with Crippen molar-refractivity contribution in [3.8, 4) is 0 Å². The number of halogens is 1. The van der Waals surface area contributed by atoms with Crippen LogP contribution in [0.25, 0.3) is 0 Å². The molecule has 2 unspecified atom stereocenters. The first kappa shape index (κ1) is 18.6. The van der Waals surface area contributed by atoms with Crippen molar-refractivity contribution in [2.24, 2.45) is 17.8 Å². The molecule has 3 fully saturated rings. The summed E-state index contributed by atoms with van der Waals surface area (Å²) in [5, 5.41) is 13.9. The molecule has 2 atom stereocenters. The molecule has 1 aliphatic heterocycles. The number of thioether (sulfide) groups is 2. The molecule has 1 aromatic carbocycles. The molecular formula is C18H21BrN2O3S2. The van der Waals surface area contributed by atoms with E-state index in [-0.39, 0.29) is 17.5 Å². The number of non-ortho nitro benzene ring substituents is 1. The van der Waals surface area contributed by atoms with Crippen molar-refractivity contribution in [1.29, 1.82) is 0 Å². The van der Waals surface area contributed by atoms with Crippen LogP contribution < -0.4 is 5.32 Å². The van der Waals surface area contributed by atoms with Crippen LogP contribution in [0.15, 0.2) is 22.7 Å². The number of carbonyl (C=O) groups excluding carboxylic acids is 1. The van der Waals surface area contributed by atoms with Gasteiger partial charge in [-0.1, -0.05) is 6.42 Å². The monoisotopic (exact) mass is 456 g/mol. The fraction of sp³-hybridized carbons (Fsp3) is 0.611. The SMILES string of the molecule is O=C(Nc1ccc([N+](=O)[O-])cc1Br)C1CC2CCCC(C1)C21SCCS1. The fourth-order valence-corrected chi connectivity index (χ4v) is 9.18. The molecule has 3 aliphatic rings. The number of benzene rings is 1. The standard InChI is InChI=1S/C18H21BrN2O3S2/c19-15-10-14(21(23)24)4-5-16(15)20-17(22)11-8-12-2-1-3-13(9-11)18(12)25-6-7-26-18/h4-5,10-13H,1-3,6-9H2,(H,20,22). The maximum atomic E-state index is 12.9. The highest BCUT2D eigenvalue weighted by Crippen LogP contribution is 2.64. The summed E-state index contributed by atoms with van der Waals surface area (Å²) in [7, 11) is 0. The van der Waals surface area contributed by atoms with Crippen LogP contribution in [0.1, 0.15) is 32.1 Å². The van der Waals surface area contributed by atoms with Gasteiger partial charge in [0.2, 0.25) is 5.91 Å². The number of amides is 1. The second-order valence-electron chi connectivity index (χ2n) is 7.32. The third-order valence-corrected chi connectivity index (χ3v) is 10.6. The van der Waals surface area contributed by atoms with E-state index >= 15 is 0 Å². The Morgan fingerprint density at radius 3 is 2.46 bits per heavy atom. The molecule has 2 saturated carbocycles. The van der Waals surface area contributed by atoms with Crippen LogP contribution in [-0.2, 0) is 4.79 Å². The fourth-order valence-electron chi connectivity index (χ4n) is 4.78. The molecule has 2 aliphatic carbocycles. The number of hydrogen-bond acceptors (Lipinski definition) is 5. The third-order valence-electron chi connectivity index (χ3n) is 5.91. The van der Waals surface area contributed by atoms with E-state index in [1.807, 2.05) is 0 Å². The van der Waals surface area contributed by atoms with Crippen LogP contribution in [-0.4, -0.2) is 26.4 Å². The largest absolute Gasteiger partial charge is 0.325 e. The van der Waals surface area contributed by atoms with Gasteiger partial charge in [0.15, 0.2) is 0 Å². The minimum atomic E-state index is -0.435. The first-order valence-electron chi connectivity index (χ1n) is 9.02. The zero-order valence-electron chi connectivity index (χ0n) is 14.3. The quantitative estimate of drug-likeness (QED) is 0.493. The molecule has 140 valence electrons. The normalized spacial score (nSPS) is 29.5. The second-order valence-corrected chi connectivity index (χ2v) is 11.2. The van der Waals surface area contributed by atoms with E-state index in [0.29, 0.717) is 26.1 Å².